The normalized spacial score (nSPS) is 11.7. The van der Waals surface area contributed by atoms with Crippen molar-refractivity contribution >= 4 is 33.9 Å². The second kappa shape index (κ2) is 7.33. The van der Waals surface area contributed by atoms with Crippen molar-refractivity contribution in [1.82, 2.24) is 4.57 Å². The molecule has 0 spiro atoms. The SMILES string of the molecule is CC(=Nc1ccccc1Cl)c1c(O)c2ccccc2n(-c2ccccc2)c1=O. The molecule has 0 aliphatic rings. The van der Waals surface area contributed by atoms with Gasteiger partial charge >= 0.3 is 0 Å². The van der Waals surface area contributed by atoms with E-state index < -0.39 is 0 Å². The van der Waals surface area contributed by atoms with Crippen molar-refractivity contribution in [2.75, 3.05) is 0 Å². The van der Waals surface area contributed by atoms with E-state index in [1.807, 2.05) is 60.7 Å². The molecule has 1 heterocycles. The maximum absolute atomic E-state index is 13.4. The fourth-order valence-electron chi connectivity index (χ4n) is 3.26. The average molecular weight is 389 g/mol. The van der Waals surface area contributed by atoms with Crippen molar-refractivity contribution in [2.24, 2.45) is 4.99 Å². The van der Waals surface area contributed by atoms with Crippen molar-refractivity contribution in [3.8, 4) is 11.4 Å². The topological polar surface area (TPSA) is 54.6 Å². The minimum atomic E-state index is -0.337. The van der Waals surface area contributed by atoms with Crippen molar-refractivity contribution in [3.63, 3.8) is 0 Å². The number of halogens is 1. The van der Waals surface area contributed by atoms with Gasteiger partial charge in [0.05, 0.1) is 21.9 Å². The summed E-state index contributed by atoms with van der Waals surface area (Å²) in [6, 6.07) is 23.7. The highest BCUT2D eigenvalue weighted by Gasteiger charge is 2.19. The third-order valence-corrected chi connectivity index (χ3v) is 4.89. The molecule has 3 aromatic carbocycles. The summed E-state index contributed by atoms with van der Waals surface area (Å²) in [6.07, 6.45) is 0. The number of hydrogen-bond acceptors (Lipinski definition) is 3. The summed E-state index contributed by atoms with van der Waals surface area (Å²) in [5, 5.41) is 11.9. The van der Waals surface area contributed by atoms with Gasteiger partial charge in [-0.25, -0.2) is 0 Å². The lowest BCUT2D eigenvalue weighted by Crippen LogP contribution is -2.25. The molecule has 4 aromatic rings. The van der Waals surface area contributed by atoms with E-state index in [2.05, 4.69) is 4.99 Å². The number of rotatable bonds is 3. The Labute approximate surface area is 167 Å². The van der Waals surface area contributed by atoms with Gasteiger partial charge in [0.1, 0.15) is 11.3 Å². The van der Waals surface area contributed by atoms with E-state index in [0.29, 0.717) is 27.3 Å². The van der Waals surface area contributed by atoms with Crippen LogP contribution >= 0.6 is 11.6 Å². The Kier molecular flexibility index (Phi) is 4.72. The molecule has 5 heteroatoms. The van der Waals surface area contributed by atoms with Crippen LogP contribution in [0.2, 0.25) is 5.02 Å². The fraction of sp³-hybridized carbons (Fsp3) is 0.0435. The molecule has 4 rings (SSSR count). The van der Waals surface area contributed by atoms with Crippen LogP contribution in [0.25, 0.3) is 16.6 Å². The van der Waals surface area contributed by atoms with E-state index in [1.165, 1.54) is 0 Å². The average Bonchev–Trinajstić information content (AvgIpc) is 2.71. The van der Waals surface area contributed by atoms with Crippen molar-refractivity contribution in [1.29, 1.82) is 0 Å². The van der Waals surface area contributed by atoms with Crippen LogP contribution in [0.3, 0.4) is 0 Å². The summed E-state index contributed by atoms with van der Waals surface area (Å²) in [6.45, 7) is 1.70. The van der Waals surface area contributed by atoms with Crippen molar-refractivity contribution in [2.45, 2.75) is 6.92 Å². The number of aromatic hydroxyl groups is 1. The van der Waals surface area contributed by atoms with E-state index in [0.717, 1.165) is 5.69 Å². The van der Waals surface area contributed by atoms with Crippen LogP contribution in [0.15, 0.2) is 88.6 Å². The summed E-state index contributed by atoms with van der Waals surface area (Å²) in [5.41, 5.74) is 2.10. The summed E-state index contributed by atoms with van der Waals surface area (Å²) in [5.74, 6) is -0.0823. The number of fused-ring (bicyclic) bond motifs is 1. The van der Waals surface area contributed by atoms with Crippen LogP contribution in [-0.2, 0) is 0 Å². The lowest BCUT2D eigenvalue weighted by atomic mass is 10.1. The quantitative estimate of drug-likeness (QED) is 0.472. The summed E-state index contributed by atoms with van der Waals surface area (Å²) >= 11 is 6.20. The van der Waals surface area contributed by atoms with Gasteiger partial charge in [0, 0.05) is 11.1 Å². The van der Waals surface area contributed by atoms with Crippen LogP contribution in [0.1, 0.15) is 12.5 Å². The predicted molar refractivity (Wildman–Crippen MR) is 115 cm³/mol. The Balaban J connectivity index is 2.05. The van der Waals surface area contributed by atoms with E-state index in [4.69, 9.17) is 11.6 Å². The minimum Gasteiger partial charge on any atom is -0.506 e. The number of benzene rings is 3. The number of nitrogens with zero attached hydrogens (tertiary/aromatic N) is 2. The van der Waals surface area contributed by atoms with E-state index >= 15 is 0 Å². The highest BCUT2D eigenvalue weighted by atomic mass is 35.5. The highest BCUT2D eigenvalue weighted by molar-refractivity contribution is 6.33. The molecule has 0 radical (unpaired) electrons. The summed E-state index contributed by atoms with van der Waals surface area (Å²) in [7, 11) is 0. The third kappa shape index (κ3) is 3.08. The van der Waals surface area contributed by atoms with Gasteiger partial charge in [-0.2, -0.15) is 0 Å². The molecule has 1 N–H and O–H groups in total. The van der Waals surface area contributed by atoms with Gasteiger partial charge in [0.15, 0.2) is 0 Å². The molecule has 0 aliphatic heterocycles. The zero-order valence-electron chi connectivity index (χ0n) is 15.1. The third-order valence-electron chi connectivity index (χ3n) is 4.57. The van der Waals surface area contributed by atoms with Crippen LogP contribution in [0.5, 0.6) is 5.75 Å². The Morgan fingerprint density at radius 3 is 2.32 bits per heavy atom. The van der Waals surface area contributed by atoms with E-state index in [9.17, 15) is 9.90 Å². The lowest BCUT2D eigenvalue weighted by molar-refractivity contribution is 0.478. The Morgan fingerprint density at radius 2 is 1.57 bits per heavy atom. The maximum Gasteiger partial charge on any atom is 0.268 e. The molecular formula is C23H17ClN2O2. The van der Waals surface area contributed by atoms with Gasteiger partial charge in [0.25, 0.3) is 5.56 Å². The number of aliphatic imine (C=N–C) groups is 1. The second-order valence-corrected chi connectivity index (χ2v) is 6.77. The fourth-order valence-corrected chi connectivity index (χ4v) is 3.44. The van der Waals surface area contributed by atoms with Crippen LogP contribution in [-0.4, -0.2) is 15.4 Å². The van der Waals surface area contributed by atoms with Crippen LogP contribution in [0.4, 0.5) is 5.69 Å². The Morgan fingerprint density at radius 1 is 0.929 bits per heavy atom. The molecule has 0 atom stereocenters. The molecule has 1 aromatic heterocycles. The van der Waals surface area contributed by atoms with Gasteiger partial charge < -0.3 is 5.11 Å². The predicted octanol–water partition coefficient (Wildman–Crippen LogP) is 5.49. The van der Waals surface area contributed by atoms with Crippen LogP contribution < -0.4 is 5.56 Å². The molecule has 0 saturated heterocycles. The van der Waals surface area contributed by atoms with Gasteiger partial charge in [-0.05, 0) is 43.3 Å². The molecule has 0 bridgehead atoms. The first-order valence-electron chi connectivity index (χ1n) is 8.80. The summed E-state index contributed by atoms with van der Waals surface area (Å²) < 4.78 is 1.59. The molecule has 138 valence electrons. The maximum atomic E-state index is 13.4. The molecule has 0 aliphatic carbocycles. The van der Waals surface area contributed by atoms with Gasteiger partial charge in [-0.3, -0.25) is 14.4 Å². The summed E-state index contributed by atoms with van der Waals surface area (Å²) in [4.78, 5) is 17.9. The van der Waals surface area contributed by atoms with E-state index in [-0.39, 0.29) is 16.9 Å². The first kappa shape index (κ1) is 18.0. The zero-order valence-corrected chi connectivity index (χ0v) is 15.9. The van der Waals surface area contributed by atoms with Crippen LogP contribution in [0, 0.1) is 0 Å². The first-order chi connectivity index (χ1) is 13.6. The molecule has 28 heavy (non-hydrogen) atoms. The lowest BCUT2D eigenvalue weighted by Gasteiger charge is -2.15. The highest BCUT2D eigenvalue weighted by Crippen LogP contribution is 2.30. The number of pyridine rings is 1. The first-order valence-corrected chi connectivity index (χ1v) is 9.18. The second-order valence-electron chi connectivity index (χ2n) is 6.37. The van der Waals surface area contributed by atoms with Gasteiger partial charge in [-0.15, -0.1) is 0 Å². The molecule has 0 amide bonds. The molecule has 0 saturated carbocycles. The zero-order chi connectivity index (χ0) is 19.7. The monoisotopic (exact) mass is 388 g/mol. The standard InChI is InChI=1S/C23H17ClN2O2/c1-15(25-19-13-7-6-12-18(19)24)21-22(27)17-11-5-8-14-20(17)26(23(21)28)16-9-3-2-4-10-16/h2-14,27H,1H3. The van der Waals surface area contributed by atoms with E-state index in [1.54, 1.807) is 29.7 Å². The molecule has 0 fully saturated rings. The minimum absolute atomic E-state index is 0.0823. The molecule has 0 unspecified atom stereocenters. The molecular weight excluding hydrogens is 372 g/mol. The molecule has 4 nitrogen and oxygen atoms in total. The Bertz CT molecular complexity index is 1260. The number of para-hydroxylation sites is 3. The van der Waals surface area contributed by atoms with Gasteiger partial charge in [-0.1, -0.05) is 54.1 Å². The Hall–Kier alpha value is -3.37. The van der Waals surface area contributed by atoms with Crippen molar-refractivity contribution in [3.05, 3.63) is 99.8 Å². The van der Waals surface area contributed by atoms with Crippen molar-refractivity contribution < 1.29 is 5.11 Å². The smallest absolute Gasteiger partial charge is 0.268 e. The van der Waals surface area contributed by atoms with Gasteiger partial charge in [0.2, 0.25) is 0 Å². The number of aromatic nitrogens is 1. The number of hydrogen-bond donors (Lipinski definition) is 1. The largest absolute Gasteiger partial charge is 0.506 e.